The minimum atomic E-state index is -0.542. The molecular formula is C11H10BrFN4O2. The second-order valence-corrected chi connectivity index (χ2v) is 4.28. The van der Waals surface area contributed by atoms with Gasteiger partial charge in [0.1, 0.15) is 0 Å². The first-order valence-electron chi connectivity index (χ1n) is 5.35. The summed E-state index contributed by atoms with van der Waals surface area (Å²) in [5, 5.41) is 0. The molecule has 0 aliphatic heterocycles. The average Bonchev–Trinajstić information content (AvgIpc) is 2.33. The second-order valence-electron chi connectivity index (χ2n) is 3.37. The molecule has 0 fully saturated rings. The molecule has 0 atom stereocenters. The summed E-state index contributed by atoms with van der Waals surface area (Å²) in [4.78, 5) is 11.4. The molecule has 0 aliphatic carbocycles. The zero-order valence-corrected chi connectivity index (χ0v) is 11.5. The van der Waals surface area contributed by atoms with Crippen molar-refractivity contribution in [1.82, 2.24) is 15.0 Å². The second kappa shape index (κ2) is 5.79. The van der Waals surface area contributed by atoms with Crippen molar-refractivity contribution in [2.24, 2.45) is 0 Å². The molecule has 0 unspecified atom stereocenters. The van der Waals surface area contributed by atoms with Gasteiger partial charge in [0.05, 0.1) is 6.61 Å². The van der Waals surface area contributed by atoms with Gasteiger partial charge in [0, 0.05) is 4.47 Å². The van der Waals surface area contributed by atoms with E-state index >= 15 is 0 Å². The van der Waals surface area contributed by atoms with E-state index in [0.29, 0.717) is 11.1 Å². The summed E-state index contributed by atoms with van der Waals surface area (Å²) >= 11 is 3.21. The standard InChI is InChI=1S/C11H10BrFN4O2/c1-2-18-10-15-9(14)16-11(17-10)19-8-5-6(12)3-4-7(8)13/h3-5H,2H2,1H3,(H2,14,15,16,17). The molecule has 100 valence electrons. The van der Waals surface area contributed by atoms with Gasteiger partial charge >= 0.3 is 12.0 Å². The first-order chi connectivity index (χ1) is 9.08. The van der Waals surface area contributed by atoms with Crippen molar-refractivity contribution in [2.75, 3.05) is 12.3 Å². The Labute approximate surface area is 116 Å². The van der Waals surface area contributed by atoms with Crippen LogP contribution in [0.1, 0.15) is 6.92 Å². The molecule has 2 N–H and O–H groups in total. The van der Waals surface area contributed by atoms with Crippen molar-refractivity contribution in [3.63, 3.8) is 0 Å². The smallest absolute Gasteiger partial charge is 0.330 e. The molecule has 0 radical (unpaired) electrons. The lowest BCUT2D eigenvalue weighted by atomic mass is 10.3. The Kier molecular flexibility index (Phi) is 4.10. The molecule has 1 heterocycles. The van der Waals surface area contributed by atoms with Crippen LogP contribution in [0, 0.1) is 5.82 Å². The topological polar surface area (TPSA) is 83.2 Å². The van der Waals surface area contributed by atoms with Gasteiger partial charge in [-0.15, -0.1) is 4.98 Å². The predicted octanol–water partition coefficient (Wildman–Crippen LogP) is 2.55. The summed E-state index contributed by atoms with van der Waals surface area (Å²) in [5.41, 5.74) is 5.49. The van der Waals surface area contributed by atoms with E-state index < -0.39 is 5.82 Å². The Balaban J connectivity index is 2.29. The van der Waals surface area contributed by atoms with E-state index in [9.17, 15) is 4.39 Å². The van der Waals surface area contributed by atoms with Gasteiger partial charge in [-0.2, -0.15) is 9.97 Å². The number of halogens is 2. The summed E-state index contributed by atoms with van der Waals surface area (Å²) in [7, 11) is 0. The Morgan fingerprint density at radius 2 is 2.00 bits per heavy atom. The number of nitrogen functional groups attached to an aromatic ring is 1. The monoisotopic (exact) mass is 328 g/mol. The Hall–Kier alpha value is -1.96. The van der Waals surface area contributed by atoms with Gasteiger partial charge in [0.25, 0.3) is 0 Å². The molecule has 6 nitrogen and oxygen atoms in total. The van der Waals surface area contributed by atoms with Crippen LogP contribution in [-0.2, 0) is 0 Å². The highest BCUT2D eigenvalue weighted by Crippen LogP contribution is 2.26. The number of rotatable bonds is 4. The van der Waals surface area contributed by atoms with E-state index in [1.54, 1.807) is 13.0 Å². The fraction of sp³-hybridized carbons (Fsp3) is 0.182. The van der Waals surface area contributed by atoms with Crippen LogP contribution in [-0.4, -0.2) is 21.6 Å². The van der Waals surface area contributed by atoms with Crippen molar-refractivity contribution in [3.05, 3.63) is 28.5 Å². The van der Waals surface area contributed by atoms with Crippen LogP contribution in [0.2, 0.25) is 0 Å². The Bertz CT molecular complexity index is 597. The van der Waals surface area contributed by atoms with Crippen LogP contribution in [0.4, 0.5) is 10.3 Å². The molecular weight excluding hydrogens is 319 g/mol. The van der Waals surface area contributed by atoms with Crippen molar-refractivity contribution < 1.29 is 13.9 Å². The van der Waals surface area contributed by atoms with E-state index in [4.69, 9.17) is 15.2 Å². The van der Waals surface area contributed by atoms with Gasteiger partial charge in [-0.25, -0.2) is 4.39 Å². The maximum absolute atomic E-state index is 13.5. The quantitative estimate of drug-likeness (QED) is 0.928. The van der Waals surface area contributed by atoms with E-state index in [0.717, 1.165) is 0 Å². The zero-order valence-electron chi connectivity index (χ0n) is 9.93. The van der Waals surface area contributed by atoms with Gasteiger partial charge in [0.2, 0.25) is 5.95 Å². The third kappa shape index (κ3) is 3.50. The van der Waals surface area contributed by atoms with Crippen molar-refractivity contribution in [2.45, 2.75) is 6.92 Å². The summed E-state index contributed by atoms with van der Waals surface area (Å²) in [5.74, 6) is -0.633. The number of nitrogens with two attached hydrogens (primary N) is 1. The Morgan fingerprint density at radius 1 is 1.26 bits per heavy atom. The van der Waals surface area contributed by atoms with E-state index in [1.165, 1.54) is 12.1 Å². The normalized spacial score (nSPS) is 10.3. The Morgan fingerprint density at radius 3 is 2.74 bits per heavy atom. The van der Waals surface area contributed by atoms with Crippen LogP contribution in [0.15, 0.2) is 22.7 Å². The zero-order chi connectivity index (χ0) is 13.8. The summed E-state index contributed by atoms with van der Waals surface area (Å²) < 4.78 is 24.5. The van der Waals surface area contributed by atoms with Crippen LogP contribution in [0.3, 0.4) is 0 Å². The highest BCUT2D eigenvalue weighted by molar-refractivity contribution is 9.10. The average molecular weight is 329 g/mol. The highest BCUT2D eigenvalue weighted by atomic mass is 79.9. The summed E-state index contributed by atoms with van der Waals surface area (Å²) in [6.07, 6.45) is 0. The van der Waals surface area contributed by atoms with Crippen LogP contribution in [0.5, 0.6) is 17.8 Å². The van der Waals surface area contributed by atoms with Gasteiger partial charge in [-0.1, -0.05) is 15.9 Å². The minimum absolute atomic E-state index is 0.0255. The number of hydrogen-bond acceptors (Lipinski definition) is 6. The largest absolute Gasteiger partial charge is 0.464 e. The third-order valence-corrected chi connectivity index (χ3v) is 2.47. The maximum Gasteiger partial charge on any atom is 0.330 e. The number of anilines is 1. The maximum atomic E-state index is 13.5. The molecule has 1 aromatic heterocycles. The van der Waals surface area contributed by atoms with Crippen molar-refractivity contribution >= 4 is 21.9 Å². The molecule has 19 heavy (non-hydrogen) atoms. The third-order valence-electron chi connectivity index (χ3n) is 1.98. The van der Waals surface area contributed by atoms with E-state index in [-0.39, 0.29) is 23.7 Å². The molecule has 0 amide bonds. The predicted molar refractivity (Wildman–Crippen MR) is 69.6 cm³/mol. The van der Waals surface area contributed by atoms with Crippen molar-refractivity contribution in [3.8, 4) is 17.8 Å². The van der Waals surface area contributed by atoms with Gasteiger partial charge < -0.3 is 15.2 Å². The lowest BCUT2D eigenvalue weighted by Crippen LogP contribution is -2.05. The number of aromatic nitrogens is 3. The minimum Gasteiger partial charge on any atom is -0.464 e. The fourth-order valence-electron chi connectivity index (χ4n) is 1.25. The summed E-state index contributed by atoms with van der Waals surface area (Å²) in [6, 6.07) is 4.16. The van der Waals surface area contributed by atoms with E-state index in [1.807, 2.05) is 0 Å². The van der Waals surface area contributed by atoms with Crippen LogP contribution in [0.25, 0.3) is 0 Å². The number of ether oxygens (including phenoxy) is 2. The van der Waals surface area contributed by atoms with Crippen molar-refractivity contribution in [1.29, 1.82) is 0 Å². The first kappa shape index (κ1) is 13.5. The molecule has 2 rings (SSSR count). The first-order valence-corrected chi connectivity index (χ1v) is 6.15. The van der Waals surface area contributed by atoms with Crippen LogP contribution < -0.4 is 15.2 Å². The van der Waals surface area contributed by atoms with Gasteiger partial charge in [-0.3, -0.25) is 0 Å². The molecule has 0 spiro atoms. The van der Waals surface area contributed by atoms with E-state index in [2.05, 4.69) is 30.9 Å². The van der Waals surface area contributed by atoms with Gasteiger partial charge in [-0.05, 0) is 25.1 Å². The van der Waals surface area contributed by atoms with Gasteiger partial charge in [0.15, 0.2) is 11.6 Å². The summed E-state index contributed by atoms with van der Waals surface area (Å²) in [6.45, 7) is 2.14. The molecule has 0 bridgehead atoms. The molecule has 0 saturated carbocycles. The fourth-order valence-corrected chi connectivity index (χ4v) is 1.59. The number of hydrogen-bond donors (Lipinski definition) is 1. The SMILES string of the molecule is CCOc1nc(N)nc(Oc2cc(Br)ccc2F)n1. The number of nitrogens with zero attached hydrogens (tertiary/aromatic N) is 3. The molecule has 2 aromatic rings. The lowest BCUT2D eigenvalue weighted by molar-refractivity contribution is 0.302. The number of benzene rings is 1. The molecule has 1 aromatic carbocycles. The molecule has 0 saturated heterocycles. The molecule has 0 aliphatic rings. The highest BCUT2D eigenvalue weighted by Gasteiger charge is 2.11. The lowest BCUT2D eigenvalue weighted by Gasteiger charge is -2.07. The van der Waals surface area contributed by atoms with Crippen LogP contribution >= 0.6 is 15.9 Å². The molecule has 8 heteroatoms.